The van der Waals surface area contributed by atoms with Crippen LogP contribution in [0.2, 0.25) is 0 Å². The molecule has 3 heterocycles. The number of hydrogen-bond acceptors (Lipinski definition) is 6. The smallest absolute Gasteiger partial charge is 0.342 e. The van der Waals surface area contributed by atoms with E-state index >= 15 is 0 Å². The van der Waals surface area contributed by atoms with Crippen molar-refractivity contribution < 1.29 is 18.5 Å². The molecule has 0 bridgehead atoms. The van der Waals surface area contributed by atoms with Gasteiger partial charge in [0, 0.05) is 19.7 Å². The predicted octanol–water partition coefficient (Wildman–Crippen LogP) is 2.28. The maximum absolute atomic E-state index is 14.4. The van der Waals surface area contributed by atoms with Gasteiger partial charge in [-0.2, -0.15) is 0 Å². The number of nitrogens with zero attached hydrogens (tertiary/aromatic N) is 4. The van der Waals surface area contributed by atoms with E-state index in [0.717, 1.165) is 15.7 Å². The van der Waals surface area contributed by atoms with Crippen molar-refractivity contribution in [2.45, 2.75) is 50.9 Å². The summed E-state index contributed by atoms with van der Waals surface area (Å²) in [7, 11) is 1.43. The number of amides is 2. The summed E-state index contributed by atoms with van der Waals surface area (Å²) in [6.07, 6.45) is 0.0533. The fourth-order valence-electron chi connectivity index (χ4n) is 4.16. The highest BCUT2D eigenvalue weighted by atomic mass is 19.1. The number of hydrogen-bond donors (Lipinski definition) is 1. The summed E-state index contributed by atoms with van der Waals surface area (Å²) in [5.74, 6) is -1.27. The summed E-state index contributed by atoms with van der Waals surface area (Å²) in [5.41, 5.74) is 2.53. The molecule has 184 valence electrons. The Morgan fingerprint density at radius 3 is 2.51 bits per heavy atom. The largest absolute Gasteiger partial charge is 0.441 e. The first-order valence-corrected chi connectivity index (χ1v) is 11.5. The van der Waals surface area contributed by atoms with Crippen LogP contribution in [0.3, 0.4) is 0 Å². The van der Waals surface area contributed by atoms with Gasteiger partial charge in [-0.3, -0.25) is 23.7 Å². The topological polar surface area (TPSA) is 110 Å². The zero-order valence-electron chi connectivity index (χ0n) is 19.8. The van der Waals surface area contributed by atoms with Gasteiger partial charge in [0.25, 0.3) is 0 Å². The minimum Gasteiger partial charge on any atom is -0.342 e. The third kappa shape index (κ3) is 5.31. The number of alkyl halides is 1. The SMILES string of the molecule is CC(C)c1ccc(C(NC(=O)C2CC(F)CN2C(=O)Cc2noc(=O)n2C)c2ccccc2)nc1. The molecule has 0 radical (unpaired) electrons. The van der Waals surface area contributed by atoms with Crippen LogP contribution in [0.1, 0.15) is 54.9 Å². The summed E-state index contributed by atoms with van der Waals surface area (Å²) >= 11 is 0. The van der Waals surface area contributed by atoms with Crippen molar-refractivity contribution in [2.24, 2.45) is 7.05 Å². The van der Waals surface area contributed by atoms with Gasteiger partial charge in [-0.25, -0.2) is 9.18 Å². The van der Waals surface area contributed by atoms with Gasteiger partial charge in [0.15, 0.2) is 5.82 Å². The molecule has 1 aromatic carbocycles. The first-order valence-electron chi connectivity index (χ1n) is 11.5. The second kappa shape index (κ2) is 10.2. The van der Waals surface area contributed by atoms with Gasteiger partial charge < -0.3 is 10.2 Å². The molecule has 3 unspecified atom stereocenters. The van der Waals surface area contributed by atoms with Gasteiger partial charge in [0.05, 0.1) is 24.7 Å². The molecule has 0 saturated carbocycles. The number of carbonyl (C=O) groups is 2. The molecule has 1 fully saturated rings. The highest BCUT2D eigenvalue weighted by Gasteiger charge is 2.41. The van der Waals surface area contributed by atoms with E-state index < -0.39 is 35.8 Å². The van der Waals surface area contributed by atoms with Gasteiger partial charge in [-0.05, 0) is 23.1 Å². The van der Waals surface area contributed by atoms with Crippen molar-refractivity contribution in [1.82, 2.24) is 24.9 Å². The summed E-state index contributed by atoms with van der Waals surface area (Å²) in [5, 5.41) is 6.56. The van der Waals surface area contributed by atoms with E-state index in [1.54, 1.807) is 6.20 Å². The molecule has 9 nitrogen and oxygen atoms in total. The van der Waals surface area contributed by atoms with E-state index in [4.69, 9.17) is 0 Å². The molecule has 1 N–H and O–H groups in total. The lowest BCUT2D eigenvalue weighted by atomic mass is 10.00. The maximum atomic E-state index is 14.4. The Bertz CT molecular complexity index is 1240. The molecule has 2 aromatic heterocycles. The molecule has 0 spiro atoms. The van der Waals surface area contributed by atoms with Gasteiger partial charge >= 0.3 is 5.76 Å². The quantitative estimate of drug-likeness (QED) is 0.554. The van der Waals surface area contributed by atoms with Crippen molar-refractivity contribution >= 4 is 11.8 Å². The molecule has 10 heteroatoms. The van der Waals surface area contributed by atoms with Crippen LogP contribution < -0.4 is 11.1 Å². The lowest BCUT2D eigenvalue weighted by molar-refractivity contribution is -0.138. The fraction of sp³-hybridized carbons (Fsp3) is 0.400. The lowest BCUT2D eigenvalue weighted by Gasteiger charge is -2.26. The van der Waals surface area contributed by atoms with E-state index in [-0.39, 0.29) is 25.2 Å². The van der Waals surface area contributed by atoms with Crippen LogP contribution in [-0.4, -0.2) is 50.2 Å². The number of likely N-dealkylation sites (tertiary alicyclic amines) is 1. The van der Waals surface area contributed by atoms with Crippen molar-refractivity contribution in [1.29, 1.82) is 0 Å². The first kappa shape index (κ1) is 24.3. The fourth-order valence-corrected chi connectivity index (χ4v) is 4.16. The lowest BCUT2D eigenvalue weighted by Crippen LogP contribution is -2.47. The van der Waals surface area contributed by atoms with Crippen LogP contribution >= 0.6 is 0 Å². The predicted molar refractivity (Wildman–Crippen MR) is 125 cm³/mol. The summed E-state index contributed by atoms with van der Waals surface area (Å²) in [6.45, 7) is 3.94. The van der Waals surface area contributed by atoms with Gasteiger partial charge in [0.1, 0.15) is 12.2 Å². The summed E-state index contributed by atoms with van der Waals surface area (Å²) < 4.78 is 20.1. The zero-order valence-corrected chi connectivity index (χ0v) is 19.8. The van der Waals surface area contributed by atoms with Crippen molar-refractivity contribution in [3.63, 3.8) is 0 Å². The minimum atomic E-state index is -1.34. The van der Waals surface area contributed by atoms with Crippen LogP contribution in [0.15, 0.2) is 58.0 Å². The van der Waals surface area contributed by atoms with Crippen LogP contribution in [0.25, 0.3) is 0 Å². The number of rotatable bonds is 7. The molecule has 3 aromatic rings. The number of aromatic nitrogens is 3. The van der Waals surface area contributed by atoms with Crippen LogP contribution in [0.5, 0.6) is 0 Å². The third-order valence-corrected chi connectivity index (χ3v) is 6.26. The molecule has 3 atom stereocenters. The molecule has 4 rings (SSSR count). The maximum Gasteiger partial charge on any atom is 0.441 e. The average molecular weight is 482 g/mol. The summed E-state index contributed by atoms with van der Waals surface area (Å²) in [6, 6.07) is 11.6. The molecule has 35 heavy (non-hydrogen) atoms. The van der Waals surface area contributed by atoms with Crippen LogP contribution in [-0.2, 0) is 23.1 Å². The van der Waals surface area contributed by atoms with Crippen molar-refractivity contribution in [3.05, 3.63) is 81.9 Å². The highest BCUT2D eigenvalue weighted by Crippen LogP contribution is 2.26. The van der Waals surface area contributed by atoms with Crippen LogP contribution in [0.4, 0.5) is 4.39 Å². The Balaban J connectivity index is 1.56. The Labute approximate surface area is 201 Å². The number of halogens is 1. The van der Waals surface area contributed by atoms with Gasteiger partial charge in [-0.15, -0.1) is 0 Å². The Hall–Kier alpha value is -3.82. The number of nitrogens with one attached hydrogen (secondary N) is 1. The minimum absolute atomic E-state index is 0.109. The molecule has 1 aliphatic rings. The molecule has 1 saturated heterocycles. The second-order valence-electron chi connectivity index (χ2n) is 9.02. The number of carbonyl (C=O) groups excluding carboxylic acids is 2. The summed E-state index contributed by atoms with van der Waals surface area (Å²) in [4.78, 5) is 43.6. The van der Waals surface area contributed by atoms with Gasteiger partial charge in [0.2, 0.25) is 11.8 Å². The van der Waals surface area contributed by atoms with E-state index in [1.807, 2.05) is 42.5 Å². The molecular formula is C25H28FN5O4. The van der Waals surface area contributed by atoms with Crippen LogP contribution in [0, 0.1) is 0 Å². The average Bonchev–Trinajstić information content (AvgIpc) is 3.40. The molecular weight excluding hydrogens is 453 g/mol. The van der Waals surface area contributed by atoms with Crippen molar-refractivity contribution in [2.75, 3.05) is 6.54 Å². The zero-order chi connectivity index (χ0) is 25.1. The Morgan fingerprint density at radius 2 is 1.91 bits per heavy atom. The van der Waals surface area contributed by atoms with Crippen molar-refractivity contribution in [3.8, 4) is 0 Å². The Kier molecular flexibility index (Phi) is 7.09. The van der Waals surface area contributed by atoms with E-state index in [9.17, 15) is 18.8 Å². The normalized spacial score (nSPS) is 18.6. The molecule has 2 amide bonds. The second-order valence-corrected chi connectivity index (χ2v) is 9.02. The molecule has 1 aliphatic heterocycles. The van der Waals surface area contributed by atoms with Gasteiger partial charge in [-0.1, -0.05) is 55.4 Å². The van der Waals surface area contributed by atoms with E-state index in [1.165, 1.54) is 11.9 Å². The first-order chi connectivity index (χ1) is 16.7. The third-order valence-electron chi connectivity index (χ3n) is 6.26. The number of pyridine rings is 1. The number of benzene rings is 1. The standard InChI is InChI=1S/C25H28FN5O4/c1-15(2)17-9-10-19(27-13-17)23(16-7-5-4-6-8-16)28-24(33)20-11-18(26)14-31(20)22(32)12-21-29-35-25(34)30(21)3/h4-10,13,15,18,20,23H,11-12,14H2,1-3H3,(H,28,33). The van der Waals surface area contributed by atoms with E-state index in [0.29, 0.717) is 11.6 Å². The monoisotopic (exact) mass is 481 g/mol. The Morgan fingerprint density at radius 1 is 1.17 bits per heavy atom. The molecule has 0 aliphatic carbocycles. The van der Waals surface area contributed by atoms with E-state index in [2.05, 4.69) is 33.8 Å². The highest BCUT2D eigenvalue weighted by molar-refractivity contribution is 5.89.